The van der Waals surface area contributed by atoms with Gasteiger partial charge in [0, 0.05) is 66.8 Å². The molecule has 0 aliphatic rings. The largest absolute Gasteiger partial charge is 0.228 e. The first-order valence-electron chi connectivity index (χ1n) is 40.1. The summed E-state index contributed by atoms with van der Waals surface area (Å²) in [5.74, 6) is 5.11. The van der Waals surface area contributed by atoms with Crippen molar-refractivity contribution in [3.8, 4) is 181 Å². The van der Waals surface area contributed by atoms with Crippen LogP contribution in [0.3, 0.4) is 0 Å². The van der Waals surface area contributed by atoms with Crippen molar-refractivity contribution in [3.05, 3.63) is 437 Å². The average Bonchev–Trinajstić information content (AvgIpc) is 0.745. The van der Waals surface area contributed by atoms with E-state index in [1.54, 1.807) is 0 Å². The van der Waals surface area contributed by atoms with Crippen LogP contribution < -0.4 is 0 Å². The standard InChI is InChI=1S/C55H35N5.C55H37N5/c1-4-15-37(16-5-1)50-35-51(57-55(56-50)43-31-32-48-46-25-11-10-23-44(46)45-24-12-13-26-47(45)49(48)34-43)42-22-14-21-41(33-42)36-27-29-40(30-28-36)54-59-52(38-17-6-2-7-18-38)58-53(60-54)39-19-8-3-9-20-39;1-6-17-38(18-7-1)47-34-48(39-19-8-2-9-20-39)36-49(35-47)55-59-53(43-25-14-5-15-26-43)58-54(60-55)44-31-29-40(30-32-44)45-27-16-28-46(33-45)51-37-50(41-21-10-3-11-22-41)56-52(57-51)42-23-12-4-13-24-42/h1-35H;1-37H. The molecule has 0 saturated heterocycles. The predicted octanol–water partition coefficient (Wildman–Crippen LogP) is 27.5. The van der Waals surface area contributed by atoms with Gasteiger partial charge in [0.25, 0.3) is 0 Å². The maximum absolute atomic E-state index is 5.27. The van der Waals surface area contributed by atoms with Gasteiger partial charge in [-0.05, 0) is 125 Å². The lowest BCUT2D eigenvalue weighted by molar-refractivity contribution is 1.07. The maximum Gasteiger partial charge on any atom is 0.164 e. The lowest BCUT2D eigenvalue weighted by atomic mass is 9.93. The van der Waals surface area contributed by atoms with Gasteiger partial charge in [-0.3, -0.25) is 0 Å². The molecule has 0 radical (unpaired) electrons. The Balaban J connectivity index is 0.000000153. The summed E-state index contributed by atoms with van der Waals surface area (Å²) < 4.78 is 0. The Morgan fingerprint density at radius 2 is 0.292 bits per heavy atom. The minimum absolute atomic E-state index is 0.605. The van der Waals surface area contributed by atoms with E-state index in [0.717, 1.165) is 134 Å². The molecule has 10 nitrogen and oxygen atoms in total. The molecule has 0 aliphatic heterocycles. The van der Waals surface area contributed by atoms with Gasteiger partial charge in [0.1, 0.15) is 0 Å². The molecule has 21 rings (SSSR count). The summed E-state index contributed by atoms with van der Waals surface area (Å²) in [6.07, 6.45) is 0. The van der Waals surface area contributed by atoms with E-state index in [1.165, 1.54) is 32.3 Å². The first-order chi connectivity index (χ1) is 59.4. The summed E-state index contributed by atoms with van der Waals surface area (Å²) in [4.78, 5) is 50.5. The Morgan fingerprint density at radius 1 is 0.0917 bits per heavy atom. The molecule has 0 amide bonds. The lowest BCUT2D eigenvalue weighted by Gasteiger charge is -2.13. The third kappa shape index (κ3) is 15.4. The van der Waals surface area contributed by atoms with Gasteiger partial charge in [0.2, 0.25) is 0 Å². The van der Waals surface area contributed by atoms with E-state index in [0.29, 0.717) is 46.6 Å². The van der Waals surface area contributed by atoms with E-state index in [1.807, 2.05) is 158 Å². The molecule has 17 aromatic carbocycles. The van der Waals surface area contributed by atoms with Crippen molar-refractivity contribution in [3.63, 3.8) is 0 Å². The molecule has 120 heavy (non-hydrogen) atoms. The van der Waals surface area contributed by atoms with Crippen LogP contribution in [0.2, 0.25) is 0 Å². The van der Waals surface area contributed by atoms with Crippen molar-refractivity contribution in [2.45, 2.75) is 0 Å². The summed E-state index contributed by atoms with van der Waals surface area (Å²) in [6, 6.07) is 151. The molecule has 21 aromatic rings. The van der Waals surface area contributed by atoms with Crippen LogP contribution in [0.15, 0.2) is 437 Å². The summed E-state index contributed by atoms with van der Waals surface area (Å²) in [5, 5.41) is 7.36. The van der Waals surface area contributed by atoms with E-state index in [2.05, 4.69) is 279 Å². The fraction of sp³-hybridized carbons (Fsp3) is 0. The topological polar surface area (TPSA) is 129 Å². The fourth-order valence-corrected chi connectivity index (χ4v) is 15.6. The van der Waals surface area contributed by atoms with E-state index in [4.69, 9.17) is 49.8 Å². The van der Waals surface area contributed by atoms with E-state index in [9.17, 15) is 0 Å². The number of benzene rings is 17. The Morgan fingerprint density at radius 3 is 0.633 bits per heavy atom. The summed E-state index contributed by atoms with van der Waals surface area (Å²) >= 11 is 0. The molecule has 0 fully saturated rings. The highest BCUT2D eigenvalue weighted by atomic mass is 15.0. The van der Waals surface area contributed by atoms with Crippen molar-refractivity contribution in [1.82, 2.24) is 49.8 Å². The number of fused-ring (bicyclic) bond motifs is 6. The van der Waals surface area contributed by atoms with E-state index in [-0.39, 0.29) is 0 Å². The van der Waals surface area contributed by atoms with Crippen LogP contribution in [-0.2, 0) is 0 Å². The Kier molecular flexibility index (Phi) is 19.9. The lowest BCUT2D eigenvalue weighted by Crippen LogP contribution is -2.00. The van der Waals surface area contributed by atoms with Gasteiger partial charge in [-0.25, -0.2) is 49.8 Å². The van der Waals surface area contributed by atoms with Crippen LogP contribution in [0.25, 0.3) is 213 Å². The predicted molar refractivity (Wildman–Crippen MR) is 490 cm³/mol. The van der Waals surface area contributed by atoms with Gasteiger partial charge in [0.15, 0.2) is 46.6 Å². The molecule has 10 heteroatoms. The quantitative estimate of drug-likeness (QED) is 0.0862. The van der Waals surface area contributed by atoms with Crippen molar-refractivity contribution in [2.75, 3.05) is 0 Å². The van der Waals surface area contributed by atoms with E-state index < -0.39 is 0 Å². The molecule has 0 saturated carbocycles. The molecular formula is C110H72N10. The zero-order valence-corrected chi connectivity index (χ0v) is 65.0. The first kappa shape index (κ1) is 72.6. The Bertz CT molecular complexity index is 7060. The third-order valence-corrected chi connectivity index (χ3v) is 21.7. The number of rotatable bonds is 16. The van der Waals surface area contributed by atoms with E-state index >= 15 is 0 Å². The van der Waals surface area contributed by atoms with Gasteiger partial charge in [-0.2, -0.15) is 0 Å². The van der Waals surface area contributed by atoms with Crippen molar-refractivity contribution < 1.29 is 0 Å². The molecule has 0 bridgehead atoms. The maximum atomic E-state index is 5.27. The number of hydrogen-bond acceptors (Lipinski definition) is 10. The van der Waals surface area contributed by atoms with Crippen LogP contribution in [0.5, 0.6) is 0 Å². The second-order valence-electron chi connectivity index (χ2n) is 29.4. The van der Waals surface area contributed by atoms with Gasteiger partial charge in [0.05, 0.1) is 22.8 Å². The second-order valence-corrected chi connectivity index (χ2v) is 29.4. The molecule has 0 spiro atoms. The highest BCUT2D eigenvalue weighted by Crippen LogP contribution is 2.41. The molecule has 0 aliphatic carbocycles. The Hall–Kier alpha value is -16.3. The summed E-state index contributed by atoms with van der Waals surface area (Å²) in [7, 11) is 0. The fourth-order valence-electron chi connectivity index (χ4n) is 15.6. The van der Waals surface area contributed by atoms with Crippen LogP contribution >= 0.6 is 0 Å². The van der Waals surface area contributed by atoms with Crippen LogP contribution in [0, 0.1) is 0 Å². The van der Waals surface area contributed by atoms with Crippen molar-refractivity contribution in [2.24, 2.45) is 0 Å². The average molecular weight is 1530 g/mol. The highest BCUT2D eigenvalue weighted by Gasteiger charge is 2.21. The number of aromatic nitrogens is 10. The molecule has 0 atom stereocenters. The zero-order chi connectivity index (χ0) is 79.9. The van der Waals surface area contributed by atoms with Gasteiger partial charge in [-0.15, -0.1) is 0 Å². The molecule has 0 N–H and O–H groups in total. The smallest absolute Gasteiger partial charge is 0.164 e. The normalized spacial score (nSPS) is 11.2. The minimum Gasteiger partial charge on any atom is -0.228 e. The molecule has 562 valence electrons. The second kappa shape index (κ2) is 32.9. The van der Waals surface area contributed by atoms with Crippen LogP contribution in [0.1, 0.15) is 0 Å². The monoisotopic (exact) mass is 1530 g/mol. The van der Waals surface area contributed by atoms with Crippen LogP contribution in [-0.4, -0.2) is 49.8 Å². The molecule has 4 aromatic heterocycles. The van der Waals surface area contributed by atoms with Gasteiger partial charge < -0.3 is 0 Å². The Labute approximate surface area is 695 Å². The highest BCUT2D eigenvalue weighted by molar-refractivity contribution is 6.25. The number of hydrogen-bond donors (Lipinski definition) is 0. The van der Waals surface area contributed by atoms with Crippen molar-refractivity contribution in [1.29, 1.82) is 0 Å². The molecule has 0 unspecified atom stereocenters. The molecule has 4 heterocycles. The zero-order valence-electron chi connectivity index (χ0n) is 65.0. The van der Waals surface area contributed by atoms with Crippen molar-refractivity contribution >= 4 is 32.3 Å². The summed E-state index contributed by atoms with van der Waals surface area (Å²) in [5.41, 5.74) is 23.8. The molecular weight excluding hydrogens is 1460 g/mol. The number of nitrogens with zero attached hydrogens (tertiary/aromatic N) is 10. The SMILES string of the molecule is c1ccc(-c2cc(-c3cccc(-c4ccc(-c5nc(-c6ccccc6)nc(-c6ccccc6)n5)cc4)c3)nc(-c3ccc4c5ccccc5c5ccccc5c4c3)n2)cc1.c1ccc(-c2cc(-c3ccccc3)cc(-c3nc(-c4ccccc4)nc(-c4ccc(-c5cccc(-c6cc(-c7ccccc7)nc(-c7ccccc7)n6)c5)cc4)n3)c2)cc1. The van der Waals surface area contributed by atoms with Crippen LogP contribution in [0.4, 0.5) is 0 Å². The first-order valence-corrected chi connectivity index (χ1v) is 40.1. The minimum atomic E-state index is 0.605. The third-order valence-electron chi connectivity index (χ3n) is 21.7. The summed E-state index contributed by atoms with van der Waals surface area (Å²) in [6.45, 7) is 0. The van der Waals surface area contributed by atoms with Gasteiger partial charge >= 0.3 is 0 Å². The van der Waals surface area contributed by atoms with Gasteiger partial charge in [-0.1, -0.05) is 388 Å².